The van der Waals surface area contributed by atoms with E-state index in [4.69, 9.17) is 23.2 Å². The number of amides is 1. The number of hydrogen-bond donors (Lipinski definition) is 1. The Balaban J connectivity index is 1.64. The van der Waals surface area contributed by atoms with E-state index in [-0.39, 0.29) is 48.0 Å². The van der Waals surface area contributed by atoms with Gasteiger partial charge >= 0.3 is 0 Å². The van der Waals surface area contributed by atoms with E-state index in [0.29, 0.717) is 35.7 Å². The minimum atomic E-state index is -3.43. The number of rotatable bonds is 11. The van der Waals surface area contributed by atoms with Crippen LogP contribution >= 0.6 is 23.2 Å². The van der Waals surface area contributed by atoms with Crippen molar-refractivity contribution in [1.29, 1.82) is 0 Å². The summed E-state index contributed by atoms with van der Waals surface area (Å²) in [4.78, 5) is 28.4. The van der Waals surface area contributed by atoms with Gasteiger partial charge in [0.15, 0.2) is 0 Å². The average Bonchev–Trinajstić information content (AvgIpc) is 3.80. The Morgan fingerprint density at radius 3 is 2.34 bits per heavy atom. The molecule has 1 unspecified atom stereocenters. The fourth-order valence-electron chi connectivity index (χ4n) is 6.10. The van der Waals surface area contributed by atoms with Gasteiger partial charge in [-0.3, -0.25) is 4.79 Å². The zero-order chi connectivity index (χ0) is 27.1. The summed E-state index contributed by atoms with van der Waals surface area (Å²) >= 11 is 12.7. The summed E-state index contributed by atoms with van der Waals surface area (Å²) in [6.07, 6.45) is 5.19. The van der Waals surface area contributed by atoms with Gasteiger partial charge < -0.3 is 9.69 Å². The summed E-state index contributed by atoms with van der Waals surface area (Å²) in [5.41, 5.74) is 1.05. The minimum absolute atomic E-state index is 0.0761. The molecule has 6 nitrogen and oxygen atoms in total. The van der Waals surface area contributed by atoms with Crippen molar-refractivity contribution in [3.63, 3.8) is 0 Å². The topological polar surface area (TPSA) is 83.6 Å². The Bertz CT molecular complexity index is 1290. The highest BCUT2D eigenvalue weighted by atomic mass is 35.5. The standard InChI is InChI=1S/C29H34Cl2N2O4S/c1-2-29(14-15-34)17-25(21-4-3-5-23(31)16-21)27(20-8-10-22(30)11-9-20)33(28(29)35)26(19-6-7-19)18-32-38(36,37)24-12-13-24/h3-5,8-11,15-16,19,24-27,32H,2,6-7,12-14,17-18H2,1H3/t25-,26-,27?,29+/m1/s1. The molecular weight excluding hydrogens is 543 g/mol. The third kappa shape index (κ3) is 5.53. The number of hydrogen-bond acceptors (Lipinski definition) is 4. The quantitative estimate of drug-likeness (QED) is 0.338. The van der Waals surface area contributed by atoms with Crippen LogP contribution in [0, 0.1) is 11.3 Å². The highest BCUT2D eigenvalue weighted by molar-refractivity contribution is 7.90. The van der Waals surface area contributed by atoms with Crippen molar-refractivity contribution in [3.05, 3.63) is 69.7 Å². The van der Waals surface area contributed by atoms with Crippen LogP contribution in [-0.2, 0) is 19.6 Å². The summed E-state index contributed by atoms with van der Waals surface area (Å²) in [6, 6.07) is 14.6. The van der Waals surface area contributed by atoms with Crippen molar-refractivity contribution >= 4 is 45.4 Å². The molecule has 1 amide bonds. The summed E-state index contributed by atoms with van der Waals surface area (Å²) in [5.74, 6) is -0.0267. The SMILES string of the molecule is CC[C@]1(CC=O)C[C@H](c2cccc(Cl)c2)C(c2ccc(Cl)cc2)N([C@H](CNS(=O)(=O)C2CC2)C2CC2)C1=O. The van der Waals surface area contributed by atoms with Gasteiger partial charge in [0.1, 0.15) is 6.29 Å². The smallest absolute Gasteiger partial charge is 0.230 e. The molecule has 0 bridgehead atoms. The van der Waals surface area contributed by atoms with Crippen LogP contribution < -0.4 is 4.72 Å². The third-order valence-electron chi connectivity index (χ3n) is 8.60. The number of halogens is 2. The Hall–Kier alpha value is -1.93. The number of sulfonamides is 1. The zero-order valence-electron chi connectivity index (χ0n) is 21.5. The number of benzene rings is 2. The van der Waals surface area contributed by atoms with Crippen molar-refractivity contribution in [2.75, 3.05) is 6.54 Å². The van der Waals surface area contributed by atoms with E-state index in [2.05, 4.69) is 4.72 Å². The number of aldehydes is 1. The molecule has 1 aliphatic heterocycles. The molecule has 0 spiro atoms. The molecule has 204 valence electrons. The zero-order valence-corrected chi connectivity index (χ0v) is 23.8. The molecule has 5 rings (SSSR count). The van der Waals surface area contributed by atoms with Gasteiger partial charge in [-0.2, -0.15) is 0 Å². The number of piperidine rings is 1. The van der Waals surface area contributed by atoms with Crippen LogP contribution in [0.2, 0.25) is 10.0 Å². The lowest BCUT2D eigenvalue weighted by atomic mass is 9.65. The van der Waals surface area contributed by atoms with E-state index < -0.39 is 15.4 Å². The molecule has 1 saturated heterocycles. The molecule has 3 aliphatic rings. The van der Waals surface area contributed by atoms with Crippen LogP contribution in [-0.4, -0.2) is 43.3 Å². The monoisotopic (exact) mass is 576 g/mol. The first kappa shape index (κ1) is 27.6. The minimum Gasteiger partial charge on any atom is -0.330 e. The van der Waals surface area contributed by atoms with E-state index in [0.717, 1.165) is 30.3 Å². The molecule has 0 radical (unpaired) electrons. The normalized spacial score (nSPS) is 26.8. The molecule has 2 aromatic carbocycles. The van der Waals surface area contributed by atoms with E-state index >= 15 is 0 Å². The van der Waals surface area contributed by atoms with Gasteiger partial charge in [-0.25, -0.2) is 13.1 Å². The van der Waals surface area contributed by atoms with Crippen molar-refractivity contribution in [3.8, 4) is 0 Å². The predicted molar refractivity (Wildman–Crippen MR) is 150 cm³/mol. The van der Waals surface area contributed by atoms with Crippen LogP contribution in [0.5, 0.6) is 0 Å². The van der Waals surface area contributed by atoms with Crippen LogP contribution in [0.3, 0.4) is 0 Å². The number of nitrogens with zero attached hydrogens (tertiary/aromatic N) is 1. The molecule has 2 aliphatic carbocycles. The van der Waals surface area contributed by atoms with Crippen molar-refractivity contribution in [2.45, 2.75) is 75.1 Å². The predicted octanol–water partition coefficient (Wildman–Crippen LogP) is 5.90. The fraction of sp³-hybridized carbons (Fsp3) is 0.517. The summed E-state index contributed by atoms with van der Waals surface area (Å²) in [7, 11) is -3.43. The van der Waals surface area contributed by atoms with Gasteiger partial charge in [0, 0.05) is 35.0 Å². The lowest BCUT2D eigenvalue weighted by Gasteiger charge is -2.53. The van der Waals surface area contributed by atoms with E-state index in [9.17, 15) is 18.0 Å². The van der Waals surface area contributed by atoms with Crippen molar-refractivity contribution in [2.24, 2.45) is 11.3 Å². The van der Waals surface area contributed by atoms with Crippen molar-refractivity contribution < 1.29 is 18.0 Å². The molecule has 0 aromatic heterocycles. The molecule has 3 fully saturated rings. The van der Waals surface area contributed by atoms with Crippen LogP contribution in [0.15, 0.2) is 48.5 Å². The Morgan fingerprint density at radius 2 is 1.76 bits per heavy atom. The van der Waals surface area contributed by atoms with Gasteiger partial charge in [-0.15, -0.1) is 0 Å². The Morgan fingerprint density at radius 1 is 1.05 bits per heavy atom. The largest absolute Gasteiger partial charge is 0.330 e. The summed E-state index contributed by atoms with van der Waals surface area (Å²) in [6.45, 7) is 2.13. The van der Waals surface area contributed by atoms with Crippen molar-refractivity contribution in [1.82, 2.24) is 9.62 Å². The molecule has 2 aromatic rings. The number of carbonyl (C=O) groups is 2. The maximum Gasteiger partial charge on any atom is 0.230 e. The second kappa shape index (κ2) is 10.9. The third-order valence-corrected chi connectivity index (χ3v) is 11.0. The van der Waals surface area contributed by atoms with Gasteiger partial charge in [-0.1, -0.05) is 54.4 Å². The summed E-state index contributed by atoms with van der Waals surface area (Å²) in [5, 5.41) is 0.867. The Kier molecular flexibility index (Phi) is 7.94. The maximum absolute atomic E-state index is 14.5. The van der Waals surface area contributed by atoms with Crippen LogP contribution in [0.25, 0.3) is 0 Å². The van der Waals surface area contributed by atoms with Gasteiger partial charge in [-0.05, 0) is 79.8 Å². The average molecular weight is 578 g/mol. The second-order valence-corrected chi connectivity index (χ2v) is 14.0. The van der Waals surface area contributed by atoms with Gasteiger partial charge in [0.2, 0.25) is 15.9 Å². The first-order chi connectivity index (χ1) is 18.2. The van der Waals surface area contributed by atoms with Gasteiger partial charge in [0.05, 0.1) is 16.7 Å². The molecule has 2 saturated carbocycles. The first-order valence-electron chi connectivity index (χ1n) is 13.4. The molecule has 9 heteroatoms. The van der Waals surface area contributed by atoms with Crippen LogP contribution in [0.4, 0.5) is 0 Å². The van der Waals surface area contributed by atoms with E-state index in [1.165, 1.54) is 0 Å². The molecule has 1 heterocycles. The van der Waals surface area contributed by atoms with Crippen LogP contribution in [0.1, 0.15) is 75.0 Å². The molecule has 4 atom stereocenters. The number of nitrogens with one attached hydrogen (secondary N) is 1. The first-order valence-corrected chi connectivity index (χ1v) is 15.7. The maximum atomic E-state index is 14.5. The van der Waals surface area contributed by atoms with E-state index in [1.807, 2.05) is 60.4 Å². The van der Waals surface area contributed by atoms with E-state index in [1.54, 1.807) is 0 Å². The number of carbonyl (C=O) groups excluding carboxylic acids is 2. The fourth-order valence-corrected chi connectivity index (χ4v) is 7.82. The molecular formula is C29H34Cl2N2O4S. The molecule has 38 heavy (non-hydrogen) atoms. The highest BCUT2D eigenvalue weighted by Crippen LogP contribution is 2.55. The molecule has 1 N–H and O–H groups in total. The summed E-state index contributed by atoms with van der Waals surface area (Å²) < 4.78 is 28.5. The number of likely N-dealkylation sites (tertiary alicyclic amines) is 1. The Labute approximate surface area is 235 Å². The van der Waals surface area contributed by atoms with Gasteiger partial charge in [0.25, 0.3) is 0 Å². The lowest BCUT2D eigenvalue weighted by molar-refractivity contribution is -0.158. The highest BCUT2D eigenvalue weighted by Gasteiger charge is 2.55. The second-order valence-electron chi connectivity index (χ2n) is 11.1. The lowest BCUT2D eigenvalue weighted by Crippen LogP contribution is -2.59.